The standard InChI is InChI=1S/C33H41IN4O6/c1-31(2)27(32(3,4)28(31)44-24-13-8-21(19-35)25(34)18-24)38-30(42)33(14-15-33)29(41)37-23-11-9-22(10-12-23)36-16-6-5-7-17-43-20-26(39)40/h8-13,18,27-28,36H,5-7,14-17,20H2,1-4H3,(H,37,41)(H,38,42)(H,39,40). The maximum atomic E-state index is 13.5. The molecule has 11 heteroatoms. The number of hydrogen-bond donors (Lipinski definition) is 4. The van der Waals surface area contributed by atoms with Crippen LogP contribution in [-0.2, 0) is 19.1 Å². The summed E-state index contributed by atoms with van der Waals surface area (Å²) in [6, 6.07) is 14.8. The van der Waals surface area contributed by atoms with Crippen molar-refractivity contribution in [2.45, 2.75) is 71.9 Å². The van der Waals surface area contributed by atoms with E-state index in [1.807, 2.05) is 30.3 Å². The Kier molecular flexibility index (Phi) is 10.5. The molecule has 0 atom stereocenters. The van der Waals surface area contributed by atoms with E-state index in [1.165, 1.54) is 0 Å². The van der Waals surface area contributed by atoms with Crippen molar-refractivity contribution < 1.29 is 29.0 Å². The van der Waals surface area contributed by atoms with Crippen molar-refractivity contribution in [1.82, 2.24) is 5.32 Å². The lowest BCUT2D eigenvalue weighted by Crippen LogP contribution is -2.75. The number of hydrogen-bond acceptors (Lipinski definition) is 7. The van der Waals surface area contributed by atoms with Gasteiger partial charge < -0.3 is 30.5 Å². The van der Waals surface area contributed by atoms with E-state index >= 15 is 0 Å². The quantitative estimate of drug-likeness (QED) is 0.106. The van der Waals surface area contributed by atoms with Gasteiger partial charge in [0.25, 0.3) is 0 Å². The zero-order valence-electron chi connectivity index (χ0n) is 25.7. The number of halogens is 1. The lowest BCUT2D eigenvalue weighted by molar-refractivity contribution is -0.175. The predicted octanol–water partition coefficient (Wildman–Crippen LogP) is 5.56. The van der Waals surface area contributed by atoms with E-state index < -0.39 is 11.4 Å². The molecule has 2 aromatic rings. The van der Waals surface area contributed by atoms with E-state index in [0.717, 1.165) is 35.1 Å². The molecule has 0 spiro atoms. The van der Waals surface area contributed by atoms with Crippen molar-refractivity contribution in [2.24, 2.45) is 16.2 Å². The number of nitrogens with zero attached hydrogens (tertiary/aromatic N) is 1. The van der Waals surface area contributed by atoms with Crippen LogP contribution < -0.4 is 20.7 Å². The van der Waals surface area contributed by atoms with Crippen LogP contribution in [0.1, 0.15) is 65.4 Å². The summed E-state index contributed by atoms with van der Waals surface area (Å²) < 4.78 is 12.3. The molecular formula is C33H41IN4O6. The molecule has 4 N–H and O–H groups in total. The molecule has 2 saturated carbocycles. The maximum absolute atomic E-state index is 13.5. The molecule has 44 heavy (non-hydrogen) atoms. The second-order valence-corrected chi connectivity index (χ2v) is 14.0. The number of nitrogens with one attached hydrogen (secondary N) is 3. The lowest BCUT2D eigenvalue weighted by Gasteiger charge is -2.63. The van der Waals surface area contributed by atoms with Gasteiger partial charge in [-0.05, 0) is 97.2 Å². The third kappa shape index (κ3) is 7.46. The number of rotatable bonds is 15. The molecule has 2 aliphatic carbocycles. The van der Waals surface area contributed by atoms with Crippen LogP contribution in [0.5, 0.6) is 5.75 Å². The van der Waals surface area contributed by atoms with Gasteiger partial charge in [0.2, 0.25) is 11.8 Å². The van der Waals surface area contributed by atoms with Crippen molar-refractivity contribution in [1.29, 1.82) is 5.26 Å². The molecule has 2 fully saturated rings. The fourth-order valence-corrected chi connectivity index (χ4v) is 6.97. The van der Waals surface area contributed by atoms with Gasteiger partial charge in [0.05, 0.1) is 5.56 Å². The number of anilines is 2. The number of unbranched alkanes of at least 4 members (excludes halogenated alkanes) is 2. The first-order chi connectivity index (χ1) is 20.8. The molecule has 0 heterocycles. The molecule has 0 saturated heterocycles. The molecule has 0 bridgehead atoms. The lowest BCUT2D eigenvalue weighted by atomic mass is 9.49. The van der Waals surface area contributed by atoms with E-state index in [2.05, 4.69) is 72.3 Å². The number of carbonyl (C=O) groups excluding carboxylic acids is 2. The van der Waals surface area contributed by atoms with Crippen molar-refractivity contribution in [2.75, 3.05) is 30.4 Å². The van der Waals surface area contributed by atoms with Gasteiger partial charge in [0.15, 0.2) is 0 Å². The number of aliphatic carboxylic acids is 1. The normalized spacial score (nSPS) is 20.4. The highest BCUT2D eigenvalue weighted by molar-refractivity contribution is 14.1. The molecule has 0 aromatic heterocycles. The number of carboxylic acid groups (broad SMARTS) is 1. The summed E-state index contributed by atoms with van der Waals surface area (Å²) in [6.07, 6.45) is 3.47. The molecule has 0 aliphatic heterocycles. The minimum absolute atomic E-state index is 0.182. The molecule has 10 nitrogen and oxygen atoms in total. The van der Waals surface area contributed by atoms with Gasteiger partial charge in [-0.2, -0.15) is 5.26 Å². The summed E-state index contributed by atoms with van der Waals surface area (Å²) in [5, 5.41) is 27.3. The topological polar surface area (TPSA) is 150 Å². The summed E-state index contributed by atoms with van der Waals surface area (Å²) in [5.74, 6) is -0.821. The zero-order chi connectivity index (χ0) is 32.1. The molecule has 2 aromatic carbocycles. The number of carboxylic acids is 1. The Hall–Kier alpha value is -3.37. The third-order valence-corrected chi connectivity index (χ3v) is 9.60. The Bertz CT molecular complexity index is 1400. The first kappa shape index (κ1) is 33.5. The number of benzene rings is 2. The van der Waals surface area contributed by atoms with Crippen molar-refractivity contribution in [3.63, 3.8) is 0 Å². The van der Waals surface area contributed by atoms with Gasteiger partial charge in [-0.3, -0.25) is 9.59 Å². The van der Waals surface area contributed by atoms with Gasteiger partial charge in [-0.25, -0.2) is 4.79 Å². The molecule has 236 valence electrons. The summed E-state index contributed by atoms with van der Waals surface area (Å²) in [5.41, 5.74) is 0.300. The minimum atomic E-state index is -1.08. The van der Waals surface area contributed by atoms with Crippen LogP contribution in [0.15, 0.2) is 42.5 Å². The third-order valence-electron chi connectivity index (χ3n) is 8.71. The molecule has 2 amide bonds. The van der Waals surface area contributed by atoms with Gasteiger partial charge in [-0.1, -0.05) is 27.7 Å². The van der Waals surface area contributed by atoms with Gasteiger partial charge in [0, 0.05) is 45.0 Å². The van der Waals surface area contributed by atoms with Crippen LogP contribution in [0, 0.1) is 31.1 Å². The first-order valence-electron chi connectivity index (χ1n) is 14.9. The minimum Gasteiger partial charge on any atom is -0.489 e. The number of nitriles is 1. The van der Waals surface area contributed by atoms with E-state index in [1.54, 1.807) is 12.1 Å². The van der Waals surface area contributed by atoms with Crippen LogP contribution in [-0.4, -0.2) is 54.8 Å². The molecule has 0 radical (unpaired) electrons. The molecule has 4 rings (SSSR count). The van der Waals surface area contributed by atoms with Gasteiger partial charge >= 0.3 is 5.97 Å². The van der Waals surface area contributed by atoms with E-state index in [4.69, 9.17) is 14.6 Å². The van der Waals surface area contributed by atoms with Crippen LogP contribution >= 0.6 is 22.6 Å². The molecule has 0 unspecified atom stereocenters. The van der Waals surface area contributed by atoms with Crippen molar-refractivity contribution in [3.05, 3.63) is 51.6 Å². The zero-order valence-corrected chi connectivity index (χ0v) is 27.8. The van der Waals surface area contributed by atoms with Crippen LogP contribution in [0.4, 0.5) is 11.4 Å². The van der Waals surface area contributed by atoms with Gasteiger partial charge in [-0.15, -0.1) is 0 Å². The Labute approximate surface area is 272 Å². The monoisotopic (exact) mass is 716 g/mol. The Morgan fingerprint density at radius 1 is 0.977 bits per heavy atom. The average molecular weight is 717 g/mol. The van der Waals surface area contributed by atoms with Crippen LogP contribution in [0.2, 0.25) is 0 Å². The SMILES string of the molecule is CC1(C)C(NC(=O)C2(C(=O)Nc3ccc(NCCCCCOCC(=O)O)cc3)CC2)C(C)(C)C1Oc1ccc(C#N)c(I)c1. The van der Waals surface area contributed by atoms with Crippen molar-refractivity contribution in [3.8, 4) is 11.8 Å². The van der Waals surface area contributed by atoms with Crippen LogP contribution in [0.3, 0.4) is 0 Å². The molecular weight excluding hydrogens is 675 g/mol. The molecule has 2 aliphatic rings. The number of carbonyl (C=O) groups is 3. The number of ether oxygens (including phenoxy) is 2. The van der Waals surface area contributed by atoms with Gasteiger partial charge in [0.1, 0.15) is 29.9 Å². The van der Waals surface area contributed by atoms with Crippen molar-refractivity contribution >= 4 is 51.7 Å². The summed E-state index contributed by atoms with van der Waals surface area (Å²) in [7, 11) is 0. The smallest absolute Gasteiger partial charge is 0.329 e. The predicted molar refractivity (Wildman–Crippen MR) is 175 cm³/mol. The Morgan fingerprint density at radius 2 is 1.64 bits per heavy atom. The number of amides is 2. The summed E-state index contributed by atoms with van der Waals surface area (Å²) in [6.45, 7) is 9.19. The second-order valence-electron chi connectivity index (χ2n) is 12.8. The summed E-state index contributed by atoms with van der Waals surface area (Å²) in [4.78, 5) is 37.3. The highest BCUT2D eigenvalue weighted by Gasteiger charge is 2.66. The van der Waals surface area contributed by atoms with E-state index in [9.17, 15) is 19.6 Å². The maximum Gasteiger partial charge on any atom is 0.329 e. The highest BCUT2D eigenvalue weighted by atomic mass is 127. The van der Waals surface area contributed by atoms with E-state index in [-0.39, 0.29) is 41.4 Å². The summed E-state index contributed by atoms with van der Waals surface area (Å²) >= 11 is 2.13. The fraction of sp³-hybridized carbons (Fsp3) is 0.515. The Morgan fingerprint density at radius 3 is 2.23 bits per heavy atom. The highest BCUT2D eigenvalue weighted by Crippen LogP contribution is 2.56. The second kappa shape index (κ2) is 13.7. The first-order valence-corrected chi connectivity index (χ1v) is 16.0. The fourth-order valence-electron chi connectivity index (χ4n) is 6.37. The Balaban J connectivity index is 1.26. The van der Waals surface area contributed by atoms with E-state index in [0.29, 0.717) is 36.4 Å². The largest absolute Gasteiger partial charge is 0.489 e. The average Bonchev–Trinajstić information content (AvgIpc) is 3.79. The van der Waals surface area contributed by atoms with Crippen LogP contribution in [0.25, 0.3) is 0 Å².